The lowest BCUT2D eigenvalue weighted by atomic mass is 10.2. The second kappa shape index (κ2) is 8.62. The number of rotatable bonds is 9. The molecule has 0 aromatic rings. The maximum atomic E-state index is 11.8. The van der Waals surface area contributed by atoms with Crippen LogP contribution in [0.1, 0.15) is 58.3 Å². The molecule has 0 bridgehead atoms. The third kappa shape index (κ3) is 6.22. The van der Waals surface area contributed by atoms with E-state index in [1.807, 2.05) is 0 Å². The summed E-state index contributed by atoms with van der Waals surface area (Å²) in [6.07, 6.45) is 8.73. The Bertz CT molecular complexity index is 389. The summed E-state index contributed by atoms with van der Waals surface area (Å²) >= 11 is 0. The van der Waals surface area contributed by atoms with E-state index in [0.717, 1.165) is 44.9 Å². The van der Waals surface area contributed by atoms with E-state index in [4.69, 9.17) is 0 Å². The summed E-state index contributed by atoms with van der Waals surface area (Å²) in [6, 6.07) is 0.0953. The highest BCUT2D eigenvalue weighted by atomic mass is 32.2. The van der Waals surface area contributed by atoms with Gasteiger partial charge in [-0.05, 0) is 19.3 Å². The Balaban J connectivity index is 2.36. The first kappa shape index (κ1) is 17.4. The van der Waals surface area contributed by atoms with Gasteiger partial charge in [-0.2, -0.15) is 4.31 Å². The van der Waals surface area contributed by atoms with Gasteiger partial charge in [-0.15, -0.1) is 0 Å². The van der Waals surface area contributed by atoms with Gasteiger partial charge in [0.15, 0.2) is 0 Å². The van der Waals surface area contributed by atoms with E-state index in [0.29, 0.717) is 13.1 Å². The van der Waals surface area contributed by atoms with Crippen LogP contribution in [-0.4, -0.2) is 44.0 Å². The van der Waals surface area contributed by atoms with E-state index in [1.54, 1.807) is 0 Å². The second-order valence-corrected chi connectivity index (χ2v) is 7.55. The van der Waals surface area contributed by atoms with Gasteiger partial charge in [0.2, 0.25) is 15.9 Å². The molecule has 0 aromatic heterocycles. The van der Waals surface area contributed by atoms with Gasteiger partial charge in [-0.25, -0.2) is 8.42 Å². The van der Waals surface area contributed by atoms with Crippen LogP contribution < -0.4 is 5.32 Å². The maximum absolute atomic E-state index is 11.8. The largest absolute Gasteiger partial charge is 0.356 e. The van der Waals surface area contributed by atoms with Gasteiger partial charge < -0.3 is 5.32 Å². The van der Waals surface area contributed by atoms with Crippen molar-refractivity contribution in [3.05, 3.63) is 0 Å². The van der Waals surface area contributed by atoms with Gasteiger partial charge in [0, 0.05) is 25.6 Å². The van der Waals surface area contributed by atoms with Crippen LogP contribution in [0.2, 0.25) is 0 Å². The predicted octanol–water partition coefficient (Wildman–Crippen LogP) is 1.89. The Morgan fingerprint density at radius 3 is 2.45 bits per heavy atom. The van der Waals surface area contributed by atoms with E-state index in [2.05, 4.69) is 12.2 Å². The Labute approximate surface area is 123 Å². The van der Waals surface area contributed by atoms with E-state index >= 15 is 0 Å². The number of hydrogen-bond donors (Lipinski definition) is 1. The van der Waals surface area contributed by atoms with Crippen molar-refractivity contribution in [2.45, 2.75) is 64.3 Å². The first-order valence-electron chi connectivity index (χ1n) is 7.68. The molecule has 1 saturated carbocycles. The second-order valence-electron chi connectivity index (χ2n) is 5.62. The fourth-order valence-corrected chi connectivity index (χ4v) is 3.89. The fourth-order valence-electron chi connectivity index (χ4n) is 2.71. The first-order chi connectivity index (χ1) is 9.45. The highest BCUT2D eigenvalue weighted by Gasteiger charge is 2.29. The molecule has 0 aliphatic heterocycles. The van der Waals surface area contributed by atoms with Crippen LogP contribution in [0.5, 0.6) is 0 Å². The molecule has 1 aliphatic carbocycles. The van der Waals surface area contributed by atoms with Gasteiger partial charge in [0.05, 0.1) is 6.26 Å². The van der Waals surface area contributed by atoms with Crippen LogP contribution in [0, 0.1) is 0 Å². The molecule has 0 atom stereocenters. The molecular weight excluding hydrogens is 276 g/mol. The zero-order valence-corrected chi connectivity index (χ0v) is 13.5. The van der Waals surface area contributed by atoms with Crippen molar-refractivity contribution in [3.8, 4) is 0 Å². The zero-order chi connectivity index (χ0) is 15.0. The molecule has 20 heavy (non-hydrogen) atoms. The number of sulfonamides is 1. The maximum Gasteiger partial charge on any atom is 0.221 e. The quantitative estimate of drug-likeness (QED) is 0.661. The Morgan fingerprint density at radius 2 is 1.90 bits per heavy atom. The summed E-state index contributed by atoms with van der Waals surface area (Å²) in [5.41, 5.74) is 0. The van der Waals surface area contributed by atoms with E-state index in [1.165, 1.54) is 10.6 Å². The van der Waals surface area contributed by atoms with Crippen LogP contribution in [0.25, 0.3) is 0 Å². The molecule has 1 fully saturated rings. The Hall–Kier alpha value is -0.620. The number of nitrogens with one attached hydrogen (secondary N) is 1. The van der Waals surface area contributed by atoms with E-state index in [9.17, 15) is 13.2 Å². The Morgan fingerprint density at radius 1 is 1.25 bits per heavy atom. The molecule has 0 radical (unpaired) electrons. The van der Waals surface area contributed by atoms with Crippen LogP contribution in [0.4, 0.5) is 0 Å². The molecule has 0 saturated heterocycles. The summed E-state index contributed by atoms with van der Waals surface area (Å²) < 4.78 is 25.2. The zero-order valence-electron chi connectivity index (χ0n) is 12.7. The molecule has 1 aliphatic rings. The summed E-state index contributed by atoms with van der Waals surface area (Å²) in [4.78, 5) is 11.7. The molecule has 1 N–H and O–H groups in total. The smallest absolute Gasteiger partial charge is 0.221 e. The molecule has 1 rings (SSSR count). The van der Waals surface area contributed by atoms with Gasteiger partial charge in [-0.1, -0.05) is 32.6 Å². The van der Waals surface area contributed by atoms with Gasteiger partial charge in [0.25, 0.3) is 0 Å². The first-order valence-corrected chi connectivity index (χ1v) is 9.53. The van der Waals surface area contributed by atoms with Gasteiger partial charge in [0.1, 0.15) is 0 Å². The average molecular weight is 304 g/mol. The van der Waals surface area contributed by atoms with Crippen molar-refractivity contribution in [3.63, 3.8) is 0 Å². The Kier molecular flexibility index (Phi) is 7.51. The molecular formula is C14H28N2O3S. The number of unbranched alkanes of at least 4 members (excludes halogenated alkanes) is 2. The third-order valence-corrected chi connectivity index (χ3v) is 5.15. The number of carbonyl (C=O) groups is 1. The molecule has 0 spiro atoms. The third-order valence-electron chi connectivity index (χ3n) is 3.82. The number of nitrogens with zero attached hydrogens (tertiary/aromatic N) is 1. The van der Waals surface area contributed by atoms with Crippen LogP contribution in [-0.2, 0) is 14.8 Å². The summed E-state index contributed by atoms with van der Waals surface area (Å²) in [5, 5.41) is 2.85. The molecule has 0 unspecified atom stereocenters. The number of hydrogen-bond acceptors (Lipinski definition) is 3. The van der Waals surface area contributed by atoms with E-state index in [-0.39, 0.29) is 18.4 Å². The lowest BCUT2D eigenvalue weighted by Gasteiger charge is -2.26. The fraction of sp³-hybridized carbons (Fsp3) is 0.929. The summed E-state index contributed by atoms with van der Waals surface area (Å²) in [6.45, 7) is 3.12. The topological polar surface area (TPSA) is 66.5 Å². The standard InChI is InChI=1S/C14H28N2O3S/c1-3-4-7-11-15-14(17)10-12-16(20(2,18)19)13-8-5-6-9-13/h13H,3-12H2,1-2H3,(H,15,17). The summed E-state index contributed by atoms with van der Waals surface area (Å²) in [7, 11) is -3.22. The van der Waals surface area contributed by atoms with E-state index < -0.39 is 10.0 Å². The lowest BCUT2D eigenvalue weighted by Crippen LogP contribution is -2.40. The normalized spacial score (nSPS) is 16.8. The molecule has 5 nitrogen and oxygen atoms in total. The molecule has 6 heteroatoms. The molecule has 0 aromatic carbocycles. The lowest BCUT2D eigenvalue weighted by molar-refractivity contribution is -0.121. The number of amides is 1. The van der Waals surface area contributed by atoms with Crippen molar-refractivity contribution >= 4 is 15.9 Å². The van der Waals surface area contributed by atoms with Crippen molar-refractivity contribution < 1.29 is 13.2 Å². The molecule has 0 heterocycles. The molecule has 118 valence electrons. The van der Waals surface area contributed by atoms with Gasteiger partial charge >= 0.3 is 0 Å². The SMILES string of the molecule is CCCCCNC(=O)CCN(C1CCCC1)S(C)(=O)=O. The minimum atomic E-state index is -3.22. The van der Waals surface area contributed by atoms with Crippen LogP contribution in [0.15, 0.2) is 0 Å². The van der Waals surface area contributed by atoms with Crippen LogP contribution in [0.3, 0.4) is 0 Å². The van der Waals surface area contributed by atoms with Crippen molar-refractivity contribution in [1.82, 2.24) is 9.62 Å². The highest BCUT2D eigenvalue weighted by molar-refractivity contribution is 7.88. The monoisotopic (exact) mass is 304 g/mol. The average Bonchev–Trinajstić information content (AvgIpc) is 2.87. The minimum absolute atomic E-state index is 0.0484. The predicted molar refractivity (Wildman–Crippen MR) is 81.0 cm³/mol. The summed E-state index contributed by atoms with van der Waals surface area (Å²) in [5.74, 6) is -0.0484. The molecule has 1 amide bonds. The van der Waals surface area contributed by atoms with Gasteiger partial charge in [-0.3, -0.25) is 4.79 Å². The highest BCUT2D eigenvalue weighted by Crippen LogP contribution is 2.25. The van der Waals surface area contributed by atoms with Crippen molar-refractivity contribution in [2.24, 2.45) is 0 Å². The van der Waals surface area contributed by atoms with Crippen LogP contribution >= 0.6 is 0 Å². The number of carbonyl (C=O) groups excluding carboxylic acids is 1. The van der Waals surface area contributed by atoms with Crippen molar-refractivity contribution in [2.75, 3.05) is 19.3 Å². The van der Waals surface area contributed by atoms with Crippen molar-refractivity contribution in [1.29, 1.82) is 0 Å². The minimum Gasteiger partial charge on any atom is -0.356 e.